The third-order valence-corrected chi connectivity index (χ3v) is 3.33. The van der Waals surface area contributed by atoms with Crippen molar-refractivity contribution in [2.24, 2.45) is 0 Å². The molecule has 0 heterocycles. The molecule has 0 atom stereocenters. The quantitative estimate of drug-likeness (QED) is 0.592. The second kappa shape index (κ2) is 4.85. The van der Waals surface area contributed by atoms with Gasteiger partial charge in [0.1, 0.15) is 0 Å². The lowest BCUT2D eigenvalue weighted by atomic mass is 9.99. The highest BCUT2D eigenvalue weighted by atomic mass is 32.1. The first-order valence-corrected chi connectivity index (χ1v) is 5.54. The topological polar surface area (TPSA) is 3.24 Å². The summed E-state index contributed by atoms with van der Waals surface area (Å²) in [6.45, 7) is 7.53. The van der Waals surface area contributed by atoms with Crippen molar-refractivity contribution in [2.75, 3.05) is 12.9 Å². The molecule has 14 heavy (non-hydrogen) atoms. The molecule has 0 fully saturated rings. The number of nitrogens with zero attached hydrogens (tertiary/aromatic N) is 1. The molecule has 0 saturated heterocycles. The zero-order chi connectivity index (χ0) is 10.7. The van der Waals surface area contributed by atoms with E-state index in [4.69, 9.17) is 0 Å². The van der Waals surface area contributed by atoms with Gasteiger partial charge in [-0.25, -0.2) is 0 Å². The normalized spacial score (nSPS) is 11.0. The molecule has 0 saturated carbocycles. The molecular formula is C12H19NS. The number of hydrogen-bond donors (Lipinski definition) is 1. The lowest BCUT2D eigenvalue weighted by Gasteiger charge is -2.17. The minimum atomic E-state index is 0.798. The van der Waals surface area contributed by atoms with Crippen molar-refractivity contribution >= 4 is 12.6 Å². The van der Waals surface area contributed by atoms with Gasteiger partial charge in [0.05, 0.1) is 0 Å². The highest BCUT2D eigenvalue weighted by Gasteiger charge is 2.05. The van der Waals surface area contributed by atoms with Gasteiger partial charge in [-0.15, -0.1) is 0 Å². The first kappa shape index (κ1) is 11.6. The summed E-state index contributed by atoms with van der Waals surface area (Å²) < 4.78 is 0. The van der Waals surface area contributed by atoms with Gasteiger partial charge in [-0.2, -0.15) is 12.6 Å². The standard InChI is InChI=1S/C12H19NS/c1-9-5-6-12(7-13(4)8-14)11(3)10(9)2/h5-6,14H,7-8H2,1-4H3. The second-order valence-corrected chi connectivity index (χ2v) is 4.23. The lowest BCUT2D eigenvalue weighted by molar-refractivity contribution is 0.386. The van der Waals surface area contributed by atoms with E-state index in [1.165, 1.54) is 22.3 Å². The molecule has 0 bridgehead atoms. The number of rotatable bonds is 3. The highest BCUT2D eigenvalue weighted by molar-refractivity contribution is 7.80. The van der Waals surface area contributed by atoms with E-state index in [9.17, 15) is 0 Å². The molecule has 0 aliphatic heterocycles. The fraction of sp³-hybridized carbons (Fsp3) is 0.500. The number of benzene rings is 1. The summed E-state index contributed by atoms with van der Waals surface area (Å²) in [5.74, 6) is 0.798. The van der Waals surface area contributed by atoms with Crippen molar-refractivity contribution in [3.05, 3.63) is 34.4 Å². The van der Waals surface area contributed by atoms with Gasteiger partial charge in [-0.05, 0) is 50.1 Å². The van der Waals surface area contributed by atoms with E-state index in [-0.39, 0.29) is 0 Å². The minimum Gasteiger partial charge on any atom is -0.293 e. The fourth-order valence-electron chi connectivity index (χ4n) is 1.52. The van der Waals surface area contributed by atoms with Crippen LogP contribution >= 0.6 is 12.6 Å². The SMILES string of the molecule is Cc1ccc(CN(C)CS)c(C)c1C. The lowest BCUT2D eigenvalue weighted by Crippen LogP contribution is -2.16. The first-order chi connectivity index (χ1) is 6.56. The Morgan fingerprint density at radius 2 is 1.79 bits per heavy atom. The van der Waals surface area contributed by atoms with Gasteiger partial charge in [-0.3, -0.25) is 4.90 Å². The van der Waals surface area contributed by atoms with Crippen LogP contribution in [0.25, 0.3) is 0 Å². The van der Waals surface area contributed by atoms with Gasteiger partial charge in [0, 0.05) is 12.4 Å². The van der Waals surface area contributed by atoms with Gasteiger partial charge >= 0.3 is 0 Å². The average Bonchev–Trinajstić information content (AvgIpc) is 2.19. The maximum Gasteiger partial charge on any atom is 0.0414 e. The predicted molar refractivity (Wildman–Crippen MR) is 66.0 cm³/mol. The summed E-state index contributed by atoms with van der Waals surface area (Å²) in [5.41, 5.74) is 5.61. The summed E-state index contributed by atoms with van der Waals surface area (Å²) in [4.78, 5) is 2.19. The summed E-state index contributed by atoms with van der Waals surface area (Å²) in [5, 5.41) is 0. The smallest absolute Gasteiger partial charge is 0.0414 e. The molecule has 0 unspecified atom stereocenters. The molecule has 0 N–H and O–H groups in total. The molecule has 1 aromatic carbocycles. The van der Waals surface area contributed by atoms with Crippen molar-refractivity contribution in [2.45, 2.75) is 27.3 Å². The Kier molecular flexibility index (Phi) is 4.02. The summed E-state index contributed by atoms with van der Waals surface area (Å²) in [6.07, 6.45) is 0. The Morgan fingerprint density at radius 3 is 2.36 bits per heavy atom. The molecule has 0 radical (unpaired) electrons. The molecule has 1 nitrogen and oxygen atoms in total. The van der Waals surface area contributed by atoms with Crippen molar-refractivity contribution < 1.29 is 0 Å². The van der Waals surface area contributed by atoms with Crippen LogP contribution in [-0.2, 0) is 6.54 Å². The van der Waals surface area contributed by atoms with Crippen molar-refractivity contribution in [3.8, 4) is 0 Å². The van der Waals surface area contributed by atoms with E-state index in [1.54, 1.807) is 0 Å². The summed E-state index contributed by atoms with van der Waals surface area (Å²) in [6, 6.07) is 4.42. The van der Waals surface area contributed by atoms with Gasteiger partial charge < -0.3 is 0 Å². The van der Waals surface area contributed by atoms with E-state index >= 15 is 0 Å². The largest absolute Gasteiger partial charge is 0.293 e. The molecule has 78 valence electrons. The van der Waals surface area contributed by atoms with Gasteiger partial charge in [0.2, 0.25) is 0 Å². The molecule has 2 heteroatoms. The molecule has 0 aliphatic rings. The zero-order valence-corrected chi connectivity index (χ0v) is 10.4. The van der Waals surface area contributed by atoms with Crippen LogP contribution in [0.2, 0.25) is 0 Å². The monoisotopic (exact) mass is 209 g/mol. The Labute approximate surface area is 92.5 Å². The van der Waals surface area contributed by atoms with Crippen LogP contribution in [0.5, 0.6) is 0 Å². The summed E-state index contributed by atoms with van der Waals surface area (Å²) >= 11 is 4.25. The maximum atomic E-state index is 4.25. The van der Waals surface area contributed by atoms with Crippen molar-refractivity contribution in [1.82, 2.24) is 4.90 Å². The zero-order valence-electron chi connectivity index (χ0n) is 9.46. The van der Waals surface area contributed by atoms with Crippen molar-refractivity contribution in [1.29, 1.82) is 0 Å². The number of hydrogen-bond acceptors (Lipinski definition) is 2. The van der Waals surface area contributed by atoms with Crippen LogP contribution in [0.3, 0.4) is 0 Å². The predicted octanol–water partition coefficient (Wildman–Crippen LogP) is 2.93. The van der Waals surface area contributed by atoms with E-state index in [2.05, 4.69) is 57.5 Å². The van der Waals surface area contributed by atoms with Crippen LogP contribution in [0.1, 0.15) is 22.3 Å². The van der Waals surface area contributed by atoms with E-state index in [0.29, 0.717) is 0 Å². The summed E-state index contributed by atoms with van der Waals surface area (Å²) in [7, 11) is 2.08. The van der Waals surface area contributed by atoms with Crippen LogP contribution in [-0.4, -0.2) is 17.8 Å². The first-order valence-electron chi connectivity index (χ1n) is 4.91. The van der Waals surface area contributed by atoms with Gasteiger partial charge in [0.15, 0.2) is 0 Å². The average molecular weight is 209 g/mol. The van der Waals surface area contributed by atoms with Crippen LogP contribution < -0.4 is 0 Å². The van der Waals surface area contributed by atoms with Crippen molar-refractivity contribution in [3.63, 3.8) is 0 Å². The van der Waals surface area contributed by atoms with E-state index in [1.807, 2.05) is 0 Å². The fourth-order valence-corrected chi connectivity index (χ4v) is 1.62. The molecule has 0 aliphatic carbocycles. The van der Waals surface area contributed by atoms with Gasteiger partial charge in [-0.1, -0.05) is 12.1 Å². The molecule has 0 aromatic heterocycles. The molecular weight excluding hydrogens is 190 g/mol. The Balaban J connectivity index is 2.94. The molecule has 0 spiro atoms. The number of thiol groups is 1. The number of aryl methyl sites for hydroxylation is 1. The second-order valence-electron chi connectivity index (χ2n) is 3.95. The van der Waals surface area contributed by atoms with E-state index < -0.39 is 0 Å². The van der Waals surface area contributed by atoms with Crippen LogP contribution in [0.15, 0.2) is 12.1 Å². The molecule has 1 rings (SSSR count). The van der Waals surface area contributed by atoms with Gasteiger partial charge in [0.25, 0.3) is 0 Å². The van der Waals surface area contributed by atoms with Crippen LogP contribution in [0, 0.1) is 20.8 Å². The Bertz CT molecular complexity index is 320. The van der Waals surface area contributed by atoms with E-state index in [0.717, 1.165) is 12.4 Å². The Morgan fingerprint density at radius 1 is 1.14 bits per heavy atom. The Hall–Kier alpha value is -0.470. The maximum absolute atomic E-state index is 4.25. The third-order valence-electron chi connectivity index (χ3n) is 2.85. The molecule has 0 amide bonds. The highest BCUT2D eigenvalue weighted by Crippen LogP contribution is 2.18. The van der Waals surface area contributed by atoms with Crippen LogP contribution in [0.4, 0.5) is 0 Å². The molecule has 1 aromatic rings. The third kappa shape index (κ3) is 2.52. The minimum absolute atomic E-state index is 0.798.